The van der Waals surface area contributed by atoms with Crippen molar-refractivity contribution in [3.8, 4) is 16.9 Å². The summed E-state index contributed by atoms with van der Waals surface area (Å²) in [6.07, 6.45) is 5.23. The Morgan fingerprint density at radius 1 is 0.857 bits per heavy atom. The van der Waals surface area contributed by atoms with Crippen LogP contribution in [0.2, 0.25) is 0 Å². The van der Waals surface area contributed by atoms with Gasteiger partial charge < -0.3 is 4.74 Å². The highest BCUT2D eigenvalue weighted by Crippen LogP contribution is 2.40. The number of ether oxygens (including phenoxy) is 1. The molecule has 0 aliphatic heterocycles. The van der Waals surface area contributed by atoms with E-state index in [1.807, 2.05) is 6.07 Å². The third-order valence-corrected chi connectivity index (χ3v) is 5.64. The Kier molecular flexibility index (Phi) is 4.64. The molecule has 1 aliphatic rings. The summed E-state index contributed by atoms with van der Waals surface area (Å²) in [7, 11) is 0. The van der Waals surface area contributed by atoms with E-state index in [4.69, 9.17) is 4.74 Å². The minimum atomic E-state index is 0.345. The van der Waals surface area contributed by atoms with Gasteiger partial charge in [0.05, 0.1) is 6.61 Å². The lowest BCUT2D eigenvalue weighted by Gasteiger charge is -2.26. The van der Waals surface area contributed by atoms with E-state index in [1.54, 1.807) is 0 Å². The molecule has 2 aromatic rings. The van der Waals surface area contributed by atoms with Crippen molar-refractivity contribution < 1.29 is 4.74 Å². The van der Waals surface area contributed by atoms with Crippen LogP contribution in [-0.4, -0.2) is 11.9 Å². The van der Waals surface area contributed by atoms with Gasteiger partial charge in [0.25, 0.3) is 0 Å². The predicted molar refractivity (Wildman–Crippen MR) is 92.1 cm³/mol. The lowest BCUT2D eigenvalue weighted by molar-refractivity contribution is 0.174. The molecule has 0 amide bonds. The van der Waals surface area contributed by atoms with Gasteiger partial charge in [-0.1, -0.05) is 71.2 Å². The molecule has 0 radical (unpaired) electrons. The fourth-order valence-electron chi connectivity index (χ4n) is 3.05. The van der Waals surface area contributed by atoms with Crippen LogP contribution in [0, 0.1) is 5.41 Å². The molecule has 21 heavy (non-hydrogen) atoms. The average molecular weight is 345 g/mol. The second-order valence-electron chi connectivity index (χ2n) is 6.02. The maximum Gasteiger partial charge on any atom is 0.119 e. The average Bonchev–Trinajstić information content (AvgIpc) is 3.04. The van der Waals surface area contributed by atoms with E-state index in [1.165, 1.54) is 36.8 Å². The molecule has 0 heterocycles. The summed E-state index contributed by atoms with van der Waals surface area (Å²) in [6, 6.07) is 18.9. The van der Waals surface area contributed by atoms with Gasteiger partial charge in [0.1, 0.15) is 5.75 Å². The van der Waals surface area contributed by atoms with E-state index in [9.17, 15) is 0 Å². The highest BCUT2D eigenvalue weighted by molar-refractivity contribution is 9.09. The maximum atomic E-state index is 6.05. The fourth-order valence-corrected chi connectivity index (χ4v) is 3.77. The molecular formula is C19H21BrO. The lowest BCUT2D eigenvalue weighted by atomic mass is 9.90. The van der Waals surface area contributed by atoms with Crippen LogP contribution in [0.25, 0.3) is 11.1 Å². The molecule has 1 saturated carbocycles. The van der Waals surface area contributed by atoms with Crippen molar-refractivity contribution in [3.63, 3.8) is 0 Å². The largest absolute Gasteiger partial charge is 0.493 e. The van der Waals surface area contributed by atoms with Crippen molar-refractivity contribution >= 4 is 15.9 Å². The first kappa shape index (κ1) is 14.6. The van der Waals surface area contributed by atoms with Crippen LogP contribution in [0.3, 0.4) is 0 Å². The van der Waals surface area contributed by atoms with Gasteiger partial charge >= 0.3 is 0 Å². The molecule has 1 aliphatic carbocycles. The summed E-state index contributed by atoms with van der Waals surface area (Å²) in [5.74, 6) is 0.974. The zero-order valence-corrected chi connectivity index (χ0v) is 13.8. The SMILES string of the molecule is BrCC1(COc2ccc(-c3ccccc3)cc2)CCCC1. The normalized spacial score (nSPS) is 16.8. The summed E-state index contributed by atoms with van der Waals surface area (Å²) in [5, 5.41) is 1.04. The van der Waals surface area contributed by atoms with Crippen LogP contribution >= 0.6 is 15.9 Å². The van der Waals surface area contributed by atoms with E-state index in [-0.39, 0.29) is 0 Å². The summed E-state index contributed by atoms with van der Waals surface area (Å²) in [4.78, 5) is 0. The quantitative estimate of drug-likeness (QED) is 0.633. The highest BCUT2D eigenvalue weighted by Gasteiger charge is 2.33. The van der Waals surface area contributed by atoms with Gasteiger partial charge in [-0.25, -0.2) is 0 Å². The molecule has 110 valence electrons. The van der Waals surface area contributed by atoms with E-state index in [0.29, 0.717) is 5.41 Å². The highest BCUT2D eigenvalue weighted by atomic mass is 79.9. The van der Waals surface area contributed by atoms with Crippen molar-refractivity contribution in [2.75, 3.05) is 11.9 Å². The zero-order chi connectivity index (χ0) is 14.5. The van der Waals surface area contributed by atoms with Crippen molar-refractivity contribution in [2.45, 2.75) is 25.7 Å². The van der Waals surface area contributed by atoms with Gasteiger partial charge in [-0.2, -0.15) is 0 Å². The number of halogens is 1. The molecule has 2 aromatic carbocycles. The van der Waals surface area contributed by atoms with Gasteiger partial charge in [-0.05, 0) is 36.1 Å². The lowest BCUT2D eigenvalue weighted by Crippen LogP contribution is -2.26. The number of hydrogen-bond acceptors (Lipinski definition) is 1. The number of benzene rings is 2. The number of rotatable bonds is 5. The van der Waals surface area contributed by atoms with Crippen LogP contribution in [0.1, 0.15) is 25.7 Å². The van der Waals surface area contributed by atoms with Gasteiger partial charge in [-0.15, -0.1) is 0 Å². The minimum absolute atomic E-state index is 0.345. The van der Waals surface area contributed by atoms with Crippen molar-refractivity contribution in [3.05, 3.63) is 54.6 Å². The first-order valence-corrected chi connectivity index (χ1v) is 8.78. The molecule has 0 spiro atoms. The fraction of sp³-hybridized carbons (Fsp3) is 0.368. The molecular weight excluding hydrogens is 324 g/mol. The van der Waals surface area contributed by atoms with Crippen LogP contribution in [0.5, 0.6) is 5.75 Å². The first-order valence-electron chi connectivity index (χ1n) is 7.66. The minimum Gasteiger partial charge on any atom is -0.493 e. The van der Waals surface area contributed by atoms with Crippen LogP contribution in [0.4, 0.5) is 0 Å². The first-order chi connectivity index (χ1) is 10.3. The second kappa shape index (κ2) is 6.65. The van der Waals surface area contributed by atoms with Gasteiger partial charge in [0.2, 0.25) is 0 Å². The molecule has 1 nitrogen and oxygen atoms in total. The Bertz CT molecular complexity index is 556. The Morgan fingerprint density at radius 2 is 1.48 bits per heavy atom. The van der Waals surface area contributed by atoms with Crippen LogP contribution in [-0.2, 0) is 0 Å². The third kappa shape index (κ3) is 3.49. The predicted octanol–water partition coefficient (Wildman–Crippen LogP) is 5.69. The second-order valence-corrected chi connectivity index (χ2v) is 6.58. The molecule has 0 saturated heterocycles. The molecule has 0 N–H and O–H groups in total. The van der Waals surface area contributed by atoms with Crippen molar-refractivity contribution in [1.29, 1.82) is 0 Å². The Morgan fingerprint density at radius 3 is 2.10 bits per heavy atom. The molecule has 1 fully saturated rings. The molecule has 2 heteroatoms. The molecule has 3 rings (SSSR count). The molecule has 0 unspecified atom stereocenters. The Hall–Kier alpha value is -1.28. The Labute approximate surface area is 135 Å². The topological polar surface area (TPSA) is 9.23 Å². The Balaban J connectivity index is 1.65. The smallest absolute Gasteiger partial charge is 0.119 e. The van der Waals surface area contributed by atoms with Crippen molar-refractivity contribution in [1.82, 2.24) is 0 Å². The zero-order valence-electron chi connectivity index (χ0n) is 12.2. The third-order valence-electron chi connectivity index (χ3n) is 4.45. The molecule has 0 bridgehead atoms. The van der Waals surface area contributed by atoms with E-state index < -0.39 is 0 Å². The van der Waals surface area contributed by atoms with E-state index in [0.717, 1.165) is 17.7 Å². The maximum absolute atomic E-state index is 6.05. The standard InChI is InChI=1S/C19H21BrO/c20-14-19(12-4-5-13-19)15-21-18-10-8-17(9-11-18)16-6-2-1-3-7-16/h1-3,6-11H,4-5,12-15H2. The molecule has 0 aromatic heterocycles. The summed E-state index contributed by atoms with van der Waals surface area (Å²) >= 11 is 3.67. The molecule has 0 atom stereocenters. The van der Waals surface area contributed by atoms with Gasteiger partial charge in [0.15, 0.2) is 0 Å². The summed E-state index contributed by atoms with van der Waals surface area (Å²) in [5.41, 5.74) is 2.83. The van der Waals surface area contributed by atoms with Gasteiger partial charge in [-0.3, -0.25) is 0 Å². The summed E-state index contributed by atoms with van der Waals surface area (Å²) in [6.45, 7) is 0.822. The van der Waals surface area contributed by atoms with E-state index >= 15 is 0 Å². The number of alkyl halides is 1. The van der Waals surface area contributed by atoms with Gasteiger partial charge in [0, 0.05) is 10.7 Å². The summed E-state index contributed by atoms with van der Waals surface area (Å²) < 4.78 is 6.05. The monoisotopic (exact) mass is 344 g/mol. The number of hydrogen-bond donors (Lipinski definition) is 0. The van der Waals surface area contributed by atoms with Crippen LogP contribution < -0.4 is 4.74 Å². The van der Waals surface area contributed by atoms with Crippen molar-refractivity contribution in [2.24, 2.45) is 5.41 Å². The van der Waals surface area contributed by atoms with E-state index in [2.05, 4.69) is 64.5 Å². The van der Waals surface area contributed by atoms with Crippen LogP contribution in [0.15, 0.2) is 54.6 Å².